The molecule has 1 heterocycles. The zero-order valence-corrected chi connectivity index (χ0v) is 12.8. The smallest absolute Gasteiger partial charge is 0.228 e. The monoisotopic (exact) mass is 303 g/mol. The number of carbonyl (C=O) groups is 1. The van der Waals surface area contributed by atoms with Crippen molar-refractivity contribution in [1.82, 2.24) is 5.32 Å². The molecule has 0 aliphatic rings. The summed E-state index contributed by atoms with van der Waals surface area (Å²) < 4.78 is 10.4. The van der Waals surface area contributed by atoms with Gasteiger partial charge in [-0.3, -0.25) is 4.79 Å². The van der Waals surface area contributed by atoms with Crippen molar-refractivity contribution in [2.75, 3.05) is 13.7 Å². The van der Waals surface area contributed by atoms with Crippen LogP contribution in [0.25, 0.3) is 0 Å². The molecule has 0 spiro atoms. The molecule has 1 aromatic heterocycles. The van der Waals surface area contributed by atoms with Crippen LogP contribution in [0.3, 0.4) is 0 Å². The van der Waals surface area contributed by atoms with Gasteiger partial charge in [-0.25, -0.2) is 0 Å². The summed E-state index contributed by atoms with van der Waals surface area (Å²) in [6, 6.07) is 10.4. The molecule has 0 saturated heterocycles. The van der Waals surface area contributed by atoms with Crippen molar-refractivity contribution in [3.63, 3.8) is 0 Å². The second-order valence-electron chi connectivity index (χ2n) is 4.99. The van der Waals surface area contributed by atoms with E-state index in [2.05, 4.69) is 5.32 Å². The van der Waals surface area contributed by atoms with Crippen LogP contribution in [-0.2, 0) is 4.79 Å². The standard InChI is InChI=1S/C17H21NO4/c1-3-14(12-6-8-13(21-2)9-7-12)17(20)18-15(11-19)16-5-4-10-22-16/h4-10,14-15,19H,3,11H2,1-2H3,(H,18,20). The molecule has 2 atom stereocenters. The minimum absolute atomic E-state index is 0.136. The van der Waals surface area contributed by atoms with Gasteiger partial charge < -0.3 is 19.6 Å². The molecule has 2 aromatic rings. The molecule has 0 saturated carbocycles. The number of rotatable bonds is 7. The lowest BCUT2D eigenvalue weighted by Gasteiger charge is -2.20. The van der Waals surface area contributed by atoms with E-state index >= 15 is 0 Å². The molecule has 0 aliphatic heterocycles. The fourth-order valence-corrected chi connectivity index (χ4v) is 2.38. The van der Waals surface area contributed by atoms with Crippen molar-refractivity contribution < 1.29 is 19.1 Å². The number of ether oxygens (including phenoxy) is 1. The minimum atomic E-state index is -0.533. The van der Waals surface area contributed by atoms with Gasteiger partial charge in [0.15, 0.2) is 0 Å². The van der Waals surface area contributed by atoms with Crippen molar-refractivity contribution in [1.29, 1.82) is 0 Å². The number of nitrogens with one attached hydrogen (secondary N) is 1. The maximum Gasteiger partial charge on any atom is 0.228 e. The SMILES string of the molecule is CCC(C(=O)NC(CO)c1ccco1)c1ccc(OC)cc1. The number of aliphatic hydroxyl groups excluding tert-OH is 1. The van der Waals surface area contributed by atoms with Gasteiger partial charge in [-0.1, -0.05) is 19.1 Å². The van der Waals surface area contributed by atoms with E-state index in [9.17, 15) is 9.90 Å². The van der Waals surface area contributed by atoms with Gasteiger partial charge in [0.2, 0.25) is 5.91 Å². The van der Waals surface area contributed by atoms with Crippen LogP contribution in [0.2, 0.25) is 0 Å². The highest BCUT2D eigenvalue weighted by Gasteiger charge is 2.23. The lowest BCUT2D eigenvalue weighted by molar-refractivity contribution is -0.123. The van der Waals surface area contributed by atoms with Crippen LogP contribution in [0.5, 0.6) is 5.75 Å². The Morgan fingerprint density at radius 3 is 2.55 bits per heavy atom. The summed E-state index contributed by atoms with van der Waals surface area (Å²) in [5, 5.41) is 12.3. The first kappa shape index (κ1) is 16.1. The number of hydrogen-bond donors (Lipinski definition) is 2. The van der Waals surface area contributed by atoms with Crippen LogP contribution >= 0.6 is 0 Å². The molecule has 2 rings (SSSR count). The largest absolute Gasteiger partial charge is 0.497 e. The second-order valence-corrected chi connectivity index (χ2v) is 4.99. The van der Waals surface area contributed by atoms with Gasteiger partial charge in [-0.2, -0.15) is 0 Å². The topological polar surface area (TPSA) is 71.7 Å². The molecule has 0 fully saturated rings. The summed E-state index contributed by atoms with van der Waals surface area (Å²) >= 11 is 0. The fraction of sp³-hybridized carbons (Fsp3) is 0.353. The maximum absolute atomic E-state index is 12.5. The molecule has 5 nitrogen and oxygen atoms in total. The van der Waals surface area contributed by atoms with Crippen molar-refractivity contribution in [3.8, 4) is 5.75 Å². The molecular weight excluding hydrogens is 282 g/mol. The summed E-state index contributed by atoms with van der Waals surface area (Å²) in [5.74, 6) is 0.876. The highest BCUT2D eigenvalue weighted by molar-refractivity contribution is 5.84. The second kappa shape index (κ2) is 7.66. The van der Waals surface area contributed by atoms with Crippen LogP contribution in [0, 0.1) is 0 Å². The number of amides is 1. The molecule has 22 heavy (non-hydrogen) atoms. The zero-order chi connectivity index (χ0) is 15.9. The van der Waals surface area contributed by atoms with Crippen molar-refractivity contribution >= 4 is 5.91 Å². The van der Waals surface area contributed by atoms with Gasteiger partial charge in [-0.05, 0) is 36.2 Å². The van der Waals surface area contributed by atoms with Gasteiger partial charge in [0.1, 0.15) is 17.6 Å². The van der Waals surface area contributed by atoms with Crippen LogP contribution in [-0.4, -0.2) is 24.7 Å². The van der Waals surface area contributed by atoms with E-state index in [4.69, 9.17) is 9.15 Å². The van der Waals surface area contributed by atoms with Crippen molar-refractivity contribution in [3.05, 3.63) is 54.0 Å². The molecular formula is C17H21NO4. The first-order valence-electron chi connectivity index (χ1n) is 7.28. The molecule has 1 amide bonds. The van der Waals surface area contributed by atoms with Gasteiger partial charge in [-0.15, -0.1) is 0 Å². The van der Waals surface area contributed by atoms with Crippen LogP contribution in [0.1, 0.15) is 36.6 Å². The predicted octanol–water partition coefficient (Wildman–Crippen LogP) is 2.63. The highest BCUT2D eigenvalue weighted by Crippen LogP contribution is 2.24. The maximum atomic E-state index is 12.5. The summed E-state index contributed by atoms with van der Waals surface area (Å²) in [5.41, 5.74) is 0.914. The lowest BCUT2D eigenvalue weighted by atomic mass is 9.95. The number of methoxy groups -OCH3 is 1. The summed E-state index contributed by atoms with van der Waals surface area (Å²) in [4.78, 5) is 12.5. The third-order valence-corrected chi connectivity index (χ3v) is 3.63. The Morgan fingerprint density at radius 2 is 2.05 bits per heavy atom. The first-order chi connectivity index (χ1) is 10.7. The number of carbonyl (C=O) groups excluding carboxylic acids is 1. The Morgan fingerprint density at radius 1 is 1.32 bits per heavy atom. The lowest BCUT2D eigenvalue weighted by Crippen LogP contribution is -2.34. The average molecular weight is 303 g/mol. The van der Waals surface area contributed by atoms with Gasteiger partial charge in [0, 0.05) is 0 Å². The molecule has 118 valence electrons. The quantitative estimate of drug-likeness (QED) is 0.825. The van der Waals surface area contributed by atoms with E-state index in [1.807, 2.05) is 31.2 Å². The third-order valence-electron chi connectivity index (χ3n) is 3.63. The molecule has 5 heteroatoms. The third kappa shape index (κ3) is 3.68. The molecule has 0 aliphatic carbocycles. The zero-order valence-electron chi connectivity index (χ0n) is 12.8. The van der Waals surface area contributed by atoms with E-state index in [1.54, 1.807) is 19.2 Å². The number of benzene rings is 1. The fourth-order valence-electron chi connectivity index (χ4n) is 2.38. The van der Waals surface area contributed by atoms with E-state index in [-0.39, 0.29) is 18.4 Å². The summed E-state index contributed by atoms with van der Waals surface area (Å²) in [6.07, 6.45) is 2.18. The van der Waals surface area contributed by atoms with Gasteiger partial charge in [0.05, 0.1) is 25.9 Å². The average Bonchev–Trinajstić information content (AvgIpc) is 3.08. The number of furan rings is 1. The van der Waals surface area contributed by atoms with E-state index < -0.39 is 6.04 Å². The number of hydrogen-bond acceptors (Lipinski definition) is 4. The van der Waals surface area contributed by atoms with Gasteiger partial charge in [0.25, 0.3) is 0 Å². The van der Waals surface area contributed by atoms with E-state index in [0.29, 0.717) is 12.2 Å². The van der Waals surface area contributed by atoms with Crippen LogP contribution < -0.4 is 10.1 Å². The van der Waals surface area contributed by atoms with Crippen LogP contribution in [0.15, 0.2) is 47.1 Å². The van der Waals surface area contributed by atoms with Crippen molar-refractivity contribution in [2.24, 2.45) is 0 Å². The Balaban J connectivity index is 2.10. The molecule has 0 bridgehead atoms. The Kier molecular flexibility index (Phi) is 5.61. The van der Waals surface area contributed by atoms with E-state index in [0.717, 1.165) is 11.3 Å². The normalized spacial score (nSPS) is 13.4. The first-order valence-corrected chi connectivity index (χ1v) is 7.28. The summed E-state index contributed by atoms with van der Waals surface area (Å²) in [6.45, 7) is 1.74. The number of aliphatic hydroxyl groups is 1. The van der Waals surface area contributed by atoms with Crippen molar-refractivity contribution in [2.45, 2.75) is 25.3 Å². The molecule has 2 unspecified atom stereocenters. The van der Waals surface area contributed by atoms with Gasteiger partial charge >= 0.3 is 0 Å². The Labute approximate surface area is 129 Å². The predicted molar refractivity (Wildman–Crippen MR) is 82.7 cm³/mol. The molecule has 0 radical (unpaired) electrons. The summed E-state index contributed by atoms with van der Waals surface area (Å²) in [7, 11) is 1.61. The van der Waals surface area contributed by atoms with Crippen LogP contribution in [0.4, 0.5) is 0 Å². The Hall–Kier alpha value is -2.27. The van der Waals surface area contributed by atoms with E-state index in [1.165, 1.54) is 6.26 Å². The minimum Gasteiger partial charge on any atom is -0.497 e. The molecule has 1 aromatic carbocycles. The highest BCUT2D eigenvalue weighted by atomic mass is 16.5. The molecule has 2 N–H and O–H groups in total. The Bertz CT molecular complexity index is 577.